The molecule has 14 nitrogen and oxygen atoms in total. The Hall–Kier alpha value is -3.82. The van der Waals surface area contributed by atoms with Crippen LogP contribution < -0.4 is 20.7 Å². The molecule has 6 N–H and O–H groups in total. The molecule has 0 spiro atoms. The Morgan fingerprint density at radius 2 is 1.93 bits per heavy atom. The van der Waals surface area contributed by atoms with Crippen LogP contribution in [-0.2, 0) is 14.8 Å². The first-order valence-corrected chi connectivity index (χ1v) is 14.9. The number of rotatable bonds is 11. The number of nitrogens with two attached hydrogens (primary N) is 1. The number of carbonyl (C=O) groups excluding carboxylic acids is 1. The highest BCUT2D eigenvalue weighted by Gasteiger charge is 2.26. The quantitative estimate of drug-likeness (QED) is 0.207. The minimum Gasteiger partial charge on any atom is -0.367 e. The van der Waals surface area contributed by atoms with Crippen LogP contribution >= 0.6 is 11.6 Å². The maximum atomic E-state index is 12.5. The van der Waals surface area contributed by atoms with Gasteiger partial charge in [0.1, 0.15) is 5.69 Å². The van der Waals surface area contributed by atoms with Crippen molar-refractivity contribution in [3.8, 4) is 0 Å². The number of carbonyl (C=O) groups is 1. The zero-order chi connectivity index (χ0) is 28.4. The van der Waals surface area contributed by atoms with Crippen LogP contribution in [0.4, 0.5) is 23.1 Å². The van der Waals surface area contributed by atoms with Crippen molar-refractivity contribution in [1.29, 1.82) is 10.8 Å². The Balaban J connectivity index is 1.35. The van der Waals surface area contributed by atoms with Crippen molar-refractivity contribution in [2.75, 3.05) is 47.5 Å². The molecule has 2 fully saturated rings. The van der Waals surface area contributed by atoms with Gasteiger partial charge in [-0.15, -0.1) is 5.10 Å². The number of sulfonamides is 1. The summed E-state index contributed by atoms with van der Waals surface area (Å²) in [5.74, 6) is 0.467. The van der Waals surface area contributed by atoms with Gasteiger partial charge in [0.2, 0.25) is 21.9 Å². The fraction of sp³-hybridized carbons (Fsp3) is 0.417. The highest BCUT2D eigenvalue weighted by atomic mass is 35.5. The number of hydrogen-bond acceptors (Lipinski definition) is 11. The number of fused-ring (bicyclic) bond motifs is 1. The summed E-state index contributed by atoms with van der Waals surface area (Å²) in [6.45, 7) is 1.92. The second-order valence-corrected chi connectivity index (χ2v) is 11.9. The van der Waals surface area contributed by atoms with E-state index in [0.29, 0.717) is 71.3 Å². The van der Waals surface area contributed by atoms with Gasteiger partial charge in [0.25, 0.3) is 0 Å². The number of nitrogens with zero attached hydrogens (tertiary/aromatic N) is 6. The van der Waals surface area contributed by atoms with Gasteiger partial charge >= 0.3 is 0 Å². The number of primary sulfonamides is 1. The summed E-state index contributed by atoms with van der Waals surface area (Å²) in [6.07, 6.45) is 6.35. The van der Waals surface area contributed by atoms with Gasteiger partial charge in [-0.05, 0) is 37.0 Å². The molecule has 1 aliphatic heterocycles. The van der Waals surface area contributed by atoms with Gasteiger partial charge in [-0.25, -0.2) is 23.1 Å². The number of piperazine rings is 1. The van der Waals surface area contributed by atoms with Crippen molar-refractivity contribution in [1.82, 2.24) is 24.5 Å². The molecular formula is C24H30ClN11O3S. The molecule has 0 bridgehead atoms. The van der Waals surface area contributed by atoms with E-state index < -0.39 is 10.0 Å². The Kier molecular flexibility index (Phi) is 7.87. The lowest BCUT2D eigenvalue weighted by Crippen LogP contribution is -2.49. The lowest BCUT2D eigenvalue weighted by molar-refractivity contribution is -0.131. The first kappa shape index (κ1) is 27.7. The van der Waals surface area contributed by atoms with E-state index in [1.165, 1.54) is 12.4 Å². The predicted octanol–water partition coefficient (Wildman–Crippen LogP) is 1.81. The number of nitrogens with one attached hydrogen (secondary N) is 4. The highest BCUT2D eigenvalue weighted by molar-refractivity contribution is 7.89. The highest BCUT2D eigenvalue weighted by Crippen LogP contribution is 2.36. The van der Waals surface area contributed by atoms with Gasteiger partial charge in [0, 0.05) is 51.1 Å². The number of benzene rings is 1. The van der Waals surface area contributed by atoms with Gasteiger partial charge in [-0.1, -0.05) is 11.6 Å². The van der Waals surface area contributed by atoms with E-state index in [4.69, 9.17) is 27.6 Å². The van der Waals surface area contributed by atoms with Crippen LogP contribution in [0.2, 0.25) is 5.02 Å². The Bertz CT molecular complexity index is 1560. The number of anilines is 4. The largest absolute Gasteiger partial charge is 0.367 e. The smallest absolute Gasteiger partial charge is 0.247 e. The van der Waals surface area contributed by atoms with Crippen molar-refractivity contribution >= 4 is 68.7 Å². The van der Waals surface area contributed by atoms with Crippen molar-refractivity contribution < 1.29 is 13.2 Å². The first-order valence-electron chi connectivity index (χ1n) is 12.8. The number of imidazole rings is 1. The van der Waals surface area contributed by atoms with Crippen LogP contribution in [0.5, 0.6) is 0 Å². The van der Waals surface area contributed by atoms with Crippen LogP contribution in [-0.4, -0.2) is 89.2 Å². The van der Waals surface area contributed by atoms with E-state index in [0.717, 1.165) is 12.8 Å². The van der Waals surface area contributed by atoms with Crippen LogP contribution in [0.15, 0.2) is 18.3 Å². The maximum absolute atomic E-state index is 12.5. The van der Waals surface area contributed by atoms with Gasteiger partial charge in [0.15, 0.2) is 11.5 Å². The number of amides is 1. The van der Waals surface area contributed by atoms with Crippen LogP contribution in [0, 0.1) is 10.8 Å². The standard InChI is InChI=1S/C24H30ClN11O3S/c25-21-18(31-24-32-22(30-16-3-4-16)23-29-14-17(13-27)36(23)33-24)10-15(12-26)11-19(21)34-5-7-35(8-6-34)20(37)2-1-9-40(28,38)39/h10-14,16,26-27H,1-9H2,(H2,28,38,39)(H2,30,31,32,33). The molecule has 0 unspecified atom stereocenters. The number of hydrogen-bond donors (Lipinski definition) is 5. The van der Waals surface area contributed by atoms with Crippen LogP contribution in [0.25, 0.3) is 5.65 Å². The van der Waals surface area contributed by atoms with E-state index in [1.807, 2.05) is 11.0 Å². The molecule has 5 rings (SSSR count). The van der Waals surface area contributed by atoms with E-state index in [-0.39, 0.29) is 30.5 Å². The minimum atomic E-state index is -3.59. The molecule has 3 aromatic rings. The molecule has 3 heterocycles. The van der Waals surface area contributed by atoms with Gasteiger partial charge < -0.3 is 31.3 Å². The van der Waals surface area contributed by atoms with E-state index in [9.17, 15) is 13.2 Å². The average Bonchev–Trinajstić information content (AvgIpc) is 3.65. The minimum absolute atomic E-state index is 0.114. The Morgan fingerprint density at radius 1 is 1.18 bits per heavy atom. The molecule has 40 heavy (non-hydrogen) atoms. The second-order valence-electron chi connectivity index (χ2n) is 9.77. The fourth-order valence-corrected chi connectivity index (χ4v) is 5.33. The molecule has 1 saturated heterocycles. The molecule has 2 aliphatic rings. The monoisotopic (exact) mass is 587 g/mol. The Labute approximate surface area is 236 Å². The predicted molar refractivity (Wildman–Crippen MR) is 154 cm³/mol. The van der Waals surface area contributed by atoms with Gasteiger partial charge in [-0.2, -0.15) is 4.98 Å². The SMILES string of the molecule is N=Cc1cc(Nc2nc(NC3CC3)c3ncc(C=N)n3n2)c(Cl)c(N2CCN(C(=O)CCCS(N)(=O)=O)CC2)c1. The van der Waals surface area contributed by atoms with Crippen molar-refractivity contribution in [2.24, 2.45) is 5.14 Å². The van der Waals surface area contributed by atoms with Crippen molar-refractivity contribution in [3.05, 3.63) is 34.6 Å². The third-order valence-corrected chi connectivity index (χ3v) is 7.99. The molecule has 212 valence electrons. The van der Waals surface area contributed by atoms with Gasteiger partial charge in [0.05, 0.1) is 28.3 Å². The van der Waals surface area contributed by atoms with Crippen molar-refractivity contribution in [3.63, 3.8) is 0 Å². The molecule has 1 aliphatic carbocycles. The molecule has 0 atom stereocenters. The van der Waals surface area contributed by atoms with E-state index in [1.54, 1.807) is 21.7 Å². The zero-order valence-electron chi connectivity index (χ0n) is 21.6. The molecule has 0 radical (unpaired) electrons. The van der Waals surface area contributed by atoms with Crippen LogP contribution in [0.3, 0.4) is 0 Å². The number of halogens is 1. The number of aromatic nitrogens is 4. The molecule has 16 heteroatoms. The third-order valence-electron chi connectivity index (χ3n) is 6.74. The summed E-state index contributed by atoms with van der Waals surface area (Å²) in [6, 6.07) is 3.87. The summed E-state index contributed by atoms with van der Waals surface area (Å²) in [7, 11) is -3.59. The fourth-order valence-electron chi connectivity index (χ4n) is 4.50. The molecule has 1 amide bonds. The van der Waals surface area contributed by atoms with E-state index in [2.05, 4.69) is 25.7 Å². The lowest BCUT2D eigenvalue weighted by Gasteiger charge is -2.37. The Morgan fingerprint density at radius 3 is 2.58 bits per heavy atom. The normalized spacial score (nSPS) is 15.8. The zero-order valence-corrected chi connectivity index (χ0v) is 23.2. The summed E-state index contributed by atoms with van der Waals surface area (Å²) < 4.78 is 23.8. The van der Waals surface area contributed by atoms with Crippen LogP contribution in [0.1, 0.15) is 36.9 Å². The second kappa shape index (κ2) is 11.3. The lowest BCUT2D eigenvalue weighted by atomic mass is 10.1. The van der Waals surface area contributed by atoms with Gasteiger partial charge in [-0.3, -0.25) is 4.79 Å². The first-order chi connectivity index (χ1) is 19.1. The molecular weight excluding hydrogens is 558 g/mol. The van der Waals surface area contributed by atoms with Crippen molar-refractivity contribution in [2.45, 2.75) is 31.7 Å². The third kappa shape index (κ3) is 6.32. The summed E-state index contributed by atoms with van der Waals surface area (Å²) in [5.41, 5.74) is 2.84. The summed E-state index contributed by atoms with van der Waals surface area (Å²) in [5, 5.41) is 32.1. The summed E-state index contributed by atoms with van der Waals surface area (Å²) >= 11 is 6.87. The van der Waals surface area contributed by atoms with E-state index >= 15 is 0 Å². The average molecular weight is 588 g/mol. The molecule has 2 aromatic heterocycles. The topological polar surface area (TPSA) is 199 Å². The summed E-state index contributed by atoms with van der Waals surface area (Å²) in [4.78, 5) is 25.3. The maximum Gasteiger partial charge on any atom is 0.247 e. The molecule has 1 aromatic carbocycles. The molecule has 1 saturated carbocycles.